The molecule has 340 valence electrons. The van der Waals surface area contributed by atoms with Crippen LogP contribution in [0.25, 0.3) is 55.6 Å². The summed E-state index contributed by atoms with van der Waals surface area (Å²) in [7, 11) is 0. The van der Waals surface area contributed by atoms with Crippen LogP contribution in [0.5, 0.6) is 0 Å². The summed E-state index contributed by atoms with van der Waals surface area (Å²) in [6, 6.07) is 99.1. The molecule has 2 heteroatoms. The maximum atomic E-state index is 2.51. The van der Waals surface area contributed by atoms with E-state index in [1.165, 1.54) is 100 Å². The molecule has 2 nitrogen and oxygen atoms in total. The Morgan fingerprint density at radius 3 is 1.24 bits per heavy atom. The molecule has 0 atom stereocenters. The number of nitrogens with zero attached hydrogens (tertiary/aromatic N) is 2. The van der Waals surface area contributed by atoms with Gasteiger partial charge >= 0.3 is 0 Å². The number of rotatable bonds is 7. The van der Waals surface area contributed by atoms with E-state index in [0.29, 0.717) is 0 Å². The number of para-hydroxylation sites is 3. The minimum atomic E-state index is -0.583. The van der Waals surface area contributed by atoms with Gasteiger partial charge in [0, 0.05) is 28.2 Å². The molecule has 3 aliphatic rings. The largest absolute Gasteiger partial charge is 0.310 e. The van der Waals surface area contributed by atoms with Gasteiger partial charge in [0.25, 0.3) is 0 Å². The average Bonchev–Trinajstić information content (AvgIpc) is 3.87. The number of anilines is 6. The van der Waals surface area contributed by atoms with Gasteiger partial charge in [-0.15, -0.1) is 0 Å². The van der Waals surface area contributed by atoms with E-state index < -0.39 is 5.41 Å². The molecule has 0 radical (unpaired) electrons. The van der Waals surface area contributed by atoms with E-state index in [0.717, 1.165) is 22.7 Å². The Morgan fingerprint density at radius 2 is 0.653 bits per heavy atom. The Morgan fingerprint density at radius 1 is 0.278 bits per heavy atom. The fraction of sp³-hybridized carbons (Fsp3) is 0.0571. The molecule has 0 N–H and O–H groups in total. The summed E-state index contributed by atoms with van der Waals surface area (Å²) in [5, 5.41) is 0. The lowest BCUT2D eigenvalue weighted by atomic mass is 9.64. The first-order valence-corrected chi connectivity index (χ1v) is 25.2. The third-order valence-corrected chi connectivity index (χ3v) is 15.9. The van der Waals surface area contributed by atoms with Crippen LogP contribution in [0.15, 0.2) is 267 Å². The molecule has 1 heterocycles. The highest BCUT2D eigenvalue weighted by Crippen LogP contribution is 2.64. The molecular formula is C70H50N2. The summed E-state index contributed by atoms with van der Waals surface area (Å²) < 4.78 is 0. The van der Waals surface area contributed by atoms with E-state index >= 15 is 0 Å². The van der Waals surface area contributed by atoms with E-state index in [2.05, 4.69) is 291 Å². The van der Waals surface area contributed by atoms with Crippen LogP contribution in [0.3, 0.4) is 0 Å². The normalized spacial score (nSPS) is 13.9. The van der Waals surface area contributed by atoms with E-state index in [-0.39, 0.29) is 5.41 Å². The first-order chi connectivity index (χ1) is 35.5. The van der Waals surface area contributed by atoms with Gasteiger partial charge in [0.05, 0.1) is 16.8 Å². The summed E-state index contributed by atoms with van der Waals surface area (Å²) in [5.74, 6) is 0. The summed E-state index contributed by atoms with van der Waals surface area (Å²) in [4.78, 5) is 4.95. The third-order valence-electron chi connectivity index (χ3n) is 15.9. The van der Waals surface area contributed by atoms with E-state index in [9.17, 15) is 0 Å². The molecule has 1 aliphatic heterocycles. The van der Waals surface area contributed by atoms with Crippen LogP contribution >= 0.6 is 0 Å². The highest BCUT2D eigenvalue weighted by atomic mass is 15.2. The number of benzene rings is 11. The highest BCUT2D eigenvalue weighted by molar-refractivity contribution is 5.97. The third kappa shape index (κ3) is 6.28. The minimum absolute atomic E-state index is 0.226. The summed E-state index contributed by atoms with van der Waals surface area (Å²) in [6.45, 7) is 4.79. The summed E-state index contributed by atoms with van der Waals surface area (Å²) in [5.41, 5.74) is 26.4. The molecule has 72 heavy (non-hydrogen) atoms. The van der Waals surface area contributed by atoms with Gasteiger partial charge in [-0.2, -0.15) is 0 Å². The molecule has 0 fully saturated rings. The molecule has 0 amide bonds. The fourth-order valence-electron chi connectivity index (χ4n) is 12.5. The number of fused-ring (bicyclic) bond motifs is 12. The second-order valence-corrected chi connectivity index (χ2v) is 20.0. The predicted octanol–water partition coefficient (Wildman–Crippen LogP) is 18.6. The van der Waals surface area contributed by atoms with Gasteiger partial charge in [-0.1, -0.05) is 214 Å². The molecule has 11 aromatic carbocycles. The molecule has 2 aliphatic carbocycles. The van der Waals surface area contributed by atoms with Crippen LogP contribution in [0.4, 0.5) is 34.1 Å². The minimum Gasteiger partial charge on any atom is -0.310 e. The van der Waals surface area contributed by atoms with Crippen molar-refractivity contribution in [1.82, 2.24) is 0 Å². The van der Waals surface area contributed by atoms with Crippen molar-refractivity contribution in [2.75, 3.05) is 9.80 Å². The van der Waals surface area contributed by atoms with Crippen molar-refractivity contribution in [2.24, 2.45) is 0 Å². The SMILES string of the molecule is CC1(C)c2cc(-c3ccccc3)ccc2-c2ccc(N(c3ccc(-c4ccc(-c5ccccc5)cc4)cc3)c3ccc4c(c3)C3(c5ccccc5-4)c4ccccc4N(c4ccccc4)c4ccccc43)cc21. The van der Waals surface area contributed by atoms with Crippen LogP contribution < -0.4 is 9.80 Å². The van der Waals surface area contributed by atoms with Gasteiger partial charge in [-0.3, -0.25) is 0 Å². The van der Waals surface area contributed by atoms with Crippen LogP contribution in [-0.4, -0.2) is 0 Å². The lowest BCUT2D eigenvalue weighted by Crippen LogP contribution is -2.36. The zero-order valence-corrected chi connectivity index (χ0v) is 40.3. The Kier molecular flexibility index (Phi) is 9.50. The van der Waals surface area contributed by atoms with Crippen LogP contribution in [0, 0.1) is 0 Å². The number of hydrogen-bond donors (Lipinski definition) is 0. The topological polar surface area (TPSA) is 6.48 Å². The molecule has 0 saturated heterocycles. The zero-order chi connectivity index (χ0) is 48.0. The van der Waals surface area contributed by atoms with E-state index in [1.807, 2.05) is 0 Å². The molecular weight excluding hydrogens is 869 g/mol. The lowest BCUT2D eigenvalue weighted by Gasteiger charge is -2.45. The van der Waals surface area contributed by atoms with Crippen LogP contribution in [-0.2, 0) is 10.8 Å². The Labute approximate surface area is 422 Å². The van der Waals surface area contributed by atoms with Gasteiger partial charge in [-0.05, 0) is 156 Å². The van der Waals surface area contributed by atoms with Gasteiger partial charge in [0.2, 0.25) is 0 Å². The van der Waals surface area contributed by atoms with Crippen molar-refractivity contribution >= 4 is 34.1 Å². The first-order valence-electron chi connectivity index (χ1n) is 25.2. The standard InChI is InChI=1S/C70H50N2/c1-69(2)64-44-52(48-20-8-4-9-21-48)36-41-58(64)59-42-39-55(45-65(59)69)71(54-37-34-51(35-38-54)50-32-30-49(31-33-50)47-18-6-3-7-19-47)56-40-43-60-57-24-12-13-25-61(57)70(66(60)46-56)62-26-14-16-28-67(62)72(53-22-10-5-11-23-53)68-29-17-15-27-63(68)70/h3-46H,1-2H3. The van der Waals surface area contributed by atoms with Gasteiger partial charge in [0.15, 0.2) is 0 Å². The fourth-order valence-corrected chi connectivity index (χ4v) is 12.5. The van der Waals surface area contributed by atoms with Crippen molar-refractivity contribution in [2.45, 2.75) is 24.7 Å². The number of hydrogen-bond acceptors (Lipinski definition) is 2. The second kappa shape index (κ2) is 16.3. The molecule has 11 aromatic rings. The lowest BCUT2D eigenvalue weighted by molar-refractivity contribution is 0.660. The monoisotopic (exact) mass is 918 g/mol. The Hall–Kier alpha value is -8.98. The molecule has 0 bridgehead atoms. The second-order valence-electron chi connectivity index (χ2n) is 20.0. The van der Waals surface area contributed by atoms with E-state index in [1.54, 1.807) is 0 Å². The highest BCUT2D eigenvalue weighted by Gasteiger charge is 2.52. The molecule has 0 saturated carbocycles. The quantitative estimate of drug-likeness (QED) is 0.157. The summed E-state index contributed by atoms with van der Waals surface area (Å²) in [6.07, 6.45) is 0. The predicted molar refractivity (Wildman–Crippen MR) is 301 cm³/mol. The Bertz CT molecular complexity index is 3820. The zero-order valence-electron chi connectivity index (χ0n) is 40.3. The van der Waals surface area contributed by atoms with Crippen LogP contribution in [0.1, 0.15) is 47.2 Å². The van der Waals surface area contributed by atoms with E-state index in [4.69, 9.17) is 0 Å². The smallest absolute Gasteiger partial charge is 0.0755 e. The molecule has 0 unspecified atom stereocenters. The molecule has 14 rings (SSSR count). The van der Waals surface area contributed by atoms with Crippen molar-refractivity contribution in [3.05, 3.63) is 300 Å². The molecule has 0 aromatic heterocycles. The van der Waals surface area contributed by atoms with Crippen molar-refractivity contribution in [1.29, 1.82) is 0 Å². The van der Waals surface area contributed by atoms with Gasteiger partial charge in [-0.25, -0.2) is 0 Å². The van der Waals surface area contributed by atoms with Gasteiger partial charge in [0.1, 0.15) is 0 Å². The maximum absolute atomic E-state index is 2.51. The van der Waals surface area contributed by atoms with Crippen LogP contribution in [0.2, 0.25) is 0 Å². The Balaban J connectivity index is 0.953. The van der Waals surface area contributed by atoms with Crippen molar-refractivity contribution < 1.29 is 0 Å². The van der Waals surface area contributed by atoms with Gasteiger partial charge < -0.3 is 9.80 Å². The van der Waals surface area contributed by atoms with Crippen molar-refractivity contribution in [3.63, 3.8) is 0 Å². The first kappa shape index (κ1) is 41.9. The maximum Gasteiger partial charge on any atom is 0.0755 e. The summed E-state index contributed by atoms with van der Waals surface area (Å²) >= 11 is 0. The van der Waals surface area contributed by atoms with Crippen molar-refractivity contribution in [3.8, 4) is 55.6 Å². The molecule has 1 spiro atoms. The average molecular weight is 919 g/mol.